The van der Waals surface area contributed by atoms with Crippen molar-refractivity contribution in [3.05, 3.63) is 48.5 Å². The summed E-state index contributed by atoms with van der Waals surface area (Å²) in [6.07, 6.45) is 4.91. The number of hydrogen-bond acceptors (Lipinski definition) is 5. The Morgan fingerprint density at radius 1 is 1.31 bits per heavy atom. The molecular weight excluding hydrogens is 332 g/mol. The molecule has 3 rings (SSSR count). The third-order valence-electron chi connectivity index (χ3n) is 4.56. The zero-order chi connectivity index (χ0) is 18.4. The van der Waals surface area contributed by atoms with Crippen molar-refractivity contribution in [2.75, 3.05) is 32.8 Å². The molecule has 1 N–H and O–H groups in total. The molecule has 2 aromatic rings. The van der Waals surface area contributed by atoms with Crippen LogP contribution in [0, 0.1) is 0 Å². The van der Waals surface area contributed by atoms with Crippen molar-refractivity contribution in [2.45, 2.75) is 26.1 Å². The first kappa shape index (κ1) is 18.4. The molecule has 1 aliphatic rings. The van der Waals surface area contributed by atoms with Crippen molar-refractivity contribution in [3.8, 4) is 5.75 Å². The Balaban J connectivity index is 1.59. The molecule has 26 heavy (non-hydrogen) atoms. The number of hydrogen-bond donors (Lipinski definition) is 1. The zero-order valence-corrected chi connectivity index (χ0v) is 15.1. The summed E-state index contributed by atoms with van der Waals surface area (Å²) in [5, 5.41) is 10.2. The molecule has 1 amide bonds. The molecule has 7 heteroatoms. The summed E-state index contributed by atoms with van der Waals surface area (Å²) in [5.41, 5.74) is 1.08. The largest absolute Gasteiger partial charge is 0.491 e. The second-order valence-corrected chi connectivity index (χ2v) is 6.61. The predicted octanol–water partition coefficient (Wildman–Crippen LogP) is 0.987. The van der Waals surface area contributed by atoms with Crippen LogP contribution in [-0.2, 0) is 17.9 Å². The first-order valence-corrected chi connectivity index (χ1v) is 8.94. The summed E-state index contributed by atoms with van der Waals surface area (Å²) < 4.78 is 7.94. The molecule has 1 aliphatic heterocycles. The van der Waals surface area contributed by atoms with E-state index in [9.17, 15) is 9.90 Å². The molecule has 0 unspecified atom stereocenters. The lowest BCUT2D eigenvalue weighted by atomic mass is 10.2. The molecule has 1 atom stereocenters. The highest BCUT2D eigenvalue weighted by Crippen LogP contribution is 2.21. The van der Waals surface area contributed by atoms with E-state index in [0.29, 0.717) is 32.8 Å². The van der Waals surface area contributed by atoms with Crippen LogP contribution in [0.4, 0.5) is 0 Å². The van der Waals surface area contributed by atoms with Gasteiger partial charge < -0.3 is 19.3 Å². The van der Waals surface area contributed by atoms with Gasteiger partial charge in [0, 0.05) is 57.6 Å². The first-order chi connectivity index (χ1) is 12.6. The van der Waals surface area contributed by atoms with E-state index < -0.39 is 6.10 Å². The van der Waals surface area contributed by atoms with Gasteiger partial charge in [-0.25, -0.2) is 4.98 Å². The highest BCUT2D eigenvalue weighted by atomic mass is 16.5. The molecule has 0 radical (unpaired) electrons. The lowest BCUT2D eigenvalue weighted by Gasteiger charge is -2.22. The summed E-state index contributed by atoms with van der Waals surface area (Å²) in [7, 11) is 0. The van der Waals surface area contributed by atoms with E-state index in [4.69, 9.17) is 4.74 Å². The van der Waals surface area contributed by atoms with Crippen LogP contribution in [0.5, 0.6) is 5.75 Å². The quantitative estimate of drug-likeness (QED) is 0.834. The minimum absolute atomic E-state index is 0.00846. The average molecular weight is 358 g/mol. The third-order valence-corrected chi connectivity index (χ3v) is 4.56. The minimum atomic E-state index is -0.532. The molecular formula is C19H26N4O3. The van der Waals surface area contributed by atoms with Crippen LogP contribution in [-0.4, -0.2) is 69.3 Å². The summed E-state index contributed by atoms with van der Waals surface area (Å²) in [6.45, 7) is 5.85. The van der Waals surface area contributed by atoms with Crippen LogP contribution in [0.2, 0.25) is 0 Å². The van der Waals surface area contributed by atoms with Gasteiger partial charge in [0.15, 0.2) is 0 Å². The van der Waals surface area contributed by atoms with Gasteiger partial charge in [-0.2, -0.15) is 0 Å². The number of aliphatic hydroxyl groups is 1. The molecule has 1 aromatic carbocycles. The van der Waals surface area contributed by atoms with Gasteiger partial charge >= 0.3 is 0 Å². The Morgan fingerprint density at radius 2 is 2.15 bits per heavy atom. The first-order valence-electron chi connectivity index (χ1n) is 8.94. The number of β-amino-alcohol motifs (C(OH)–C–C–N with tert-alkyl or cyclic N) is 1. The van der Waals surface area contributed by atoms with Crippen molar-refractivity contribution in [2.24, 2.45) is 0 Å². The van der Waals surface area contributed by atoms with Gasteiger partial charge in [0.25, 0.3) is 0 Å². The highest BCUT2D eigenvalue weighted by molar-refractivity contribution is 5.73. The number of imidazole rings is 1. The number of amides is 1. The van der Waals surface area contributed by atoms with E-state index in [1.165, 1.54) is 0 Å². The number of aliphatic hydroxyl groups excluding tert-OH is 1. The molecule has 1 aromatic heterocycles. The number of benzene rings is 1. The van der Waals surface area contributed by atoms with Crippen molar-refractivity contribution >= 4 is 5.91 Å². The third kappa shape index (κ3) is 5.06. The van der Waals surface area contributed by atoms with Crippen LogP contribution in [0.25, 0.3) is 0 Å². The molecule has 2 heterocycles. The Hall–Kier alpha value is -2.38. The van der Waals surface area contributed by atoms with Crippen LogP contribution in [0.3, 0.4) is 0 Å². The molecule has 0 bridgehead atoms. The van der Waals surface area contributed by atoms with Crippen molar-refractivity contribution in [1.29, 1.82) is 0 Å². The maximum absolute atomic E-state index is 11.6. The Bertz CT molecular complexity index is 705. The average Bonchev–Trinajstić information content (AvgIpc) is 3.05. The lowest BCUT2D eigenvalue weighted by molar-refractivity contribution is -0.129. The zero-order valence-electron chi connectivity index (χ0n) is 15.1. The van der Waals surface area contributed by atoms with Crippen molar-refractivity contribution < 1.29 is 14.6 Å². The lowest BCUT2D eigenvalue weighted by Crippen LogP contribution is -2.36. The van der Waals surface area contributed by atoms with E-state index in [-0.39, 0.29) is 5.91 Å². The SMILES string of the molecule is CC(=O)N1CCN(Cc2ccccc2OCCn2ccnc2)C[C@H](O)C1. The van der Waals surface area contributed by atoms with Crippen LogP contribution < -0.4 is 4.74 Å². The normalized spacial score (nSPS) is 18.5. The van der Waals surface area contributed by atoms with Gasteiger partial charge in [-0.1, -0.05) is 18.2 Å². The van der Waals surface area contributed by atoms with Crippen molar-refractivity contribution in [3.63, 3.8) is 0 Å². The van der Waals surface area contributed by atoms with E-state index in [2.05, 4.69) is 9.88 Å². The van der Waals surface area contributed by atoms with E-state index in [1.807, 2.05) is 35.0 Å². The van der Waals surface area contributed by atoms with Gasteiger partial charge in [0.05, 0.1) is 19.0 Å². The number of rotatable bonds is 6. The highest BCUT2D eigenvalue weighted by Gasteiger charge is 2.23. The van der Waals surface area contributed by atoms with Crippen molar-refractivity contribution in [1.82, 2.24) is 19.4 Å². The fourth-order valence-corrected chi connectivity index (χ4v) is 3.18. The Labute approximate surface area is 153 Å². The smallest absolute Gasteiger partial charge is 0.219 e. The van der Waals surface area contributed by atoms with E-state index in [1.54, 1.807) is 24.3 Å². The topological polar surface area (TPSA) is 70.8 Å². The van der Waals surface area contributed by atoms with Gasteiger partial charge in [-0.3, -0.25) is 9.69 Å². The van der Waals surface area contributed by atoms with Gasteiger partial charge in [-0.15, -0.1) is 0 Å². The molecule has 0 spiro atoms. The number of carbonyl (C=O) groups is 1. The Morgan fingerprint density at radius 3 is 2.92 bits per heavy atom. The summed E-state index contributed by atoms with van der Waals surface area (Å²) in [4.78, 5) is 19.5. The second-order valence-electron chi connectivity index (χ2n) is 6.61. The van der Waals surface area contributed by atoms with Gasteiger partial charge in [0.1, 0.15) is 12.4 Å². The van der Waals surface area contributed by atoms with Crippen LogP contribution in [0.15, 0.2) is 43.0 Å². The fraction of sp³-hybridized carbons (Fsp3) is 0.474. The number of carbonyl (C=O) groups excluding carboxylic acids is 1. The fourth-order valence-electron chi connectivity index (χ4n) is 3.18. The van der Waals surface area contributed by atoms with E-state index >= 15 is 0 Å². The number of nitrogens with zero attached hydrogens (tertiary/aromatic N) is 4. The number of para-hydroxylation sites is 1. The number of ether oxygens (including phenoxy) is 1. The maximum atomic E-state index is 11.6. The Kier molecular flexibility index (Phi) is 6.25. The molecule has 0 saturated carbocycles. The van der Waals surface area contributed by atoms with Crippen LogP contribution in [0.1, 0.15) is 12.5 Å². The summed E-state index contributed by atoms with van der Waals surface area (Å²) >= 11 is 0. The van der Waals surface area contributed by atoms with Gasteiger partial charge in [-0.05, 0) is 6.07 Å². The minimum Gasteiger partial charge on any atom is -0.491 e. The van der Waals surface area contributed by atoms with Crippen LogP contribution >= 0.6 is 0 Å². The van der Waals surface area contributed by atoms with Gasteiger partial charge in [0.2, 0.25) is 5.91 Å². The molecule has 1 saturated heterocycles. The molecule has 7 nitrogen and oxygen atoms in total. The predicted molar refractivity (Wildman–Crippen MR) is 97.7 cm³/mol. The summed E-state index contributed by atoms with van der Waals surface area (Å²) in [5.74, 6) is 0.865. The summed E-state index contributed by atoms with van der Waals surface area (Å²) in [6, 6.07) is 7.98. The molecule has 140 valence electrons. The maximum Gasteiger partial charge on any atom is 0.219 e. The molecule has 0 aliphatic carbocycles. The molecule has 1 fully saturated rings. The van der Waals surface area contributed by atoms with E-state index in [0.717, 1.165) is 24.4 Å². The number of aromatic nitrogens is 2. The second kappa shape index (κ2) is 8.82. The standard InChI is InChI=1S/C19H26N4O3/c1-16(24)23-9-8-22(13-18(25)14-23)12-17-4-2-3-5-19(17)26-11-10-21-7-6-20-15-21/h2-7,15,18,25H,8-14H2,1H3/t18-/m0/s1. The monoisotopic (exact) mass is 358 g/mol.